The van der Waals surface area contributed by atoms with Crippen molar-refractivity contribution in [2.75, 3.05) is 33.7 Å². The summed E-state index contributed by atoms with van der Waals surface area (Å²) in [6.07, 6.45) is 2.02. The molecule has 6 heteroatoms. The molecule has 0 amide bonds. The van der Waals surface area contributed by atoms with Gasteiger partial charge in [0.25, 0.3) is 0 Å². The van der Waals surface area contributed by atoms with Crippen molar-refractivity contribution in [3.63, 3.8) is 0 Å². The fourth-order valence-electron chi connectivity index (χ4n) is 4.60. The van der Waals surface area contributed by atoms with Gasteiger partial charge in [-0.25, -0.2) is 0 Å². The molecule has 0 N–H and O–H groups in total. The van der Waals surface area contributed by atoms with Crippen LogP contribution in [-0.2, 0) is 9.47 Å². The zero-order valence-electron chi connectivity index (χ0n) is 18.1. The van der Waals surface area contributed by atoms with Gasteiger partial charge in [0.1, 0.15) is 6.61 Å². The number of allylic oxidation sites excluding steroid dienone is 1. The summed E-state index contributed by atoms with van der Waals surface area (Å²) in [5, 5.41) is 0. The molecule has 0 spiro atoms. The lowest BCUT2D eigenvalue weighted by molar-refractivity contribution is 0.0191. The highest BCUT2D eigenvalue weighted by molar-refractivity contribution is 5.46. The lowest BCUT2D eigenvalue weighted by Gasteiger charge is -2.18. The minimum absolute atomic E-state index is 0.00178. The Kier molecular flexibility index (Phi) is 5.50. The van der Waals surface area contributed by atoms with Gasteiger partial charge in [0, 0.05) is 11.8 Å². The maximum Gasteiger partial charge on any atom is 0.231 e. The van der Waals surface area contributed by atoms with Crippen LogP contribution in [0.15, 0.2) is 48.0 Å². The summed E-state index contributed by atoms with van der Waals surface area (Å²) in [6, 6.07) is 12.1. The van der Waals surface area contributed by atoms with Crippen LogP contribution in [0.3, 0.4) is 0 Å². The average Bonchev–Trinajstić information content (AvgIpc) is 3.49. The van der Waals surface area contributed by atoms with E-state index in [1.165, 1.54) is 5.57 Å². The topological polar surface area (TPSA) is 55.4 Å². The Labute approximate surface area is 182 Å². The van der Waals surface area contributed by atoms with Gasteiger partial charge in [-0.05, 0) is 55.3 Å². The molecule has 3 heterocycles. The summed E-state index contributed by atoms with van der Waals surface area (Å²) in [5.74, 6) is 3.62. The molecular weight excluding hydrogens is 396 g/mol. The number of fused-ring (bicyclic) bond motifs is 2. The summed E-state index contributed by atoms with van der Waals surface area (Å²) in [4.78, 5) is 0. The van der Waals surface area contributed by atoms with Crippen molar-refractivity contribution < 1.29 is 28.4 Å². The summed E-state index contributed by atoms with van der Waals surface area (Å²) in [7, 11) is 1.67. The molecule has 2 aromatic rings. The third-order valence-corrected chi connectivity index (χ3v) is 6.24. The van der Waals surface area contributed by atoms with Crippen LogP contribution in [0.2, 0.25) is 0 Å². The van der Waals surface area contributed by atoms with Gasteiger partial charge in [0.15, 0.2) is 23.0 Å². The molecule has 0 aromatic heterocycles. The Balaban J connectivity index is 1.32. The highest BCUT2D eigenvalue weighted by Gasteiger charge is 2.48. The van der Waals surface area contributed by atoms with Gasteiger partial charge in [0.05, 0.1) is 32.5 Å². The first kappa shape index (κ1) is 20.2. The van der Waals surface area contributed by atoms with E-state index in [-0.39, 0.29) is 24.9 Å². The second-order valence-electron chi connectivity index (χ2n) is 8.45. The van der Waals surface area contributed by atoms with Gasteiger partial charge >= 0.3 is 0 Å². The number of benzene rings is 2. The van der Waals surface area contributed by atoms with E-state index in [4.69, 9.17) is 28.4 Å². The number of methoxy groups -OCH3 is 1. The molecule has 2 saturated heterocycles. The fraction of sp³-hybridized carbons (Fsp3) is 0.440. The van der Waals surface area contributed by atoms with Crippen LogP contribution in [0.25, 0.3) is 0 Å². The van der Waals surface area contributed by atoms with Crippen molar-refractivity contribution >= 4 is 0 Å². The van der Waals surface area contributed by atoms with Gasteiger partial charge in [-0.1, -0.05) is 17.7 Å². The molecule has 3 aliphatic heterocycles. The minimum atomic E-state index is -0.0234. The molecule has 0 saturated carbocycles. The smallest absolute Gasteiger partial charge is 0.231 e. The van der Waals surface area contributed by atoms with E-state index >= 15 is 0 Å². The first-order chi connectivity index (χ1) is 15.1. The molecule has 0 unspecified atom stereocenters. The Hall–Kier alpha value is -2.70. The first-order valence-electron chi connectivity index (χ1n) is 10.7. The van der Waals surface area contributed by atoms with Gasteiger partial charge in [-0.3, -0.25) is 0 Å². The van der Waals surface area contributed by atoms with E-state index in [1.54, 1.807) is 7.11 Å². The number of ether oxygens (including phenoxy) is 6. The van der Waals surface area contributed by atoms with Gasteiger partial charge < -0.3 is 28.4 Å². The van der Waals surface area contributed by atoms with Crippen molar-refractivity contribution in [3.8, 4) is 23.0 Å². The highest BCUT2D eigenvalue weighted by Crippen LogP contribution is 2.51. The third kappa shape index (κ3) is 3.86. The lowest BCUT2D eigenvalue weighted by atomic mass is 9.85. The first-order valence-corrected chi connectivity index (χ1v) is 10.7. The molecule has 0 radical (unpaired) electrons. The van der Waals surface area contributed by atoms with Gasteiger partial charge in [0.2, 0.25) is 6.79 Å². The molecule has 2 fully saturated rings. The van der Waals surface area contributed by atoms with Crippen molar-refractivity contribution in [2.45, 2.75) is 26.1 Å². The lowest BCUT2D eigenvalue weighted by Crippen LogP contribution is -2.14. The molecule has 0 aliphatic carbocycles. The van der Waals surface area contributed by atoms with Crippen molar-refractivity contribution in [1.82, 2.24) is 0 Å². The molecule has 2 aromatic carbocycles. The summed E-state index contributed by atoms with van der Waals surface area (Å²) < 4.78 is 34.9. The average molecular weight is 424 g/mol. The SMILES string of the molecule is COc1cc([C@@H]2OC[C@H]3[C@@H]2CO[C@@H]3c2ccc3c(c2)OCO3)ccc1OCC=C(C)C. The summed E-state index contributed by atoms with van der Waals surface area (Å²) in [5.41, 5.74) is 3.43. The van der Waals surface area contributed by atoms with Gasteiger partial charge in [-0.15, -0.1) is 0 Å². The number of hydrogen-bond donors (Lipinski definition) is 0. The van der Waals surface area contributed by atoms with E-state index in [9.17, 15) is 0 Å². The predicted octanol–water partition coefficient (Wildman–Crippen LogP) is 4.84. The maximum absolute atomic E-state index is 6.26. The second kappa shape index (κ2) is 8.44. The van der Waals surface area contributed by atoms with Crippen LogP contribution in [0, 0.1) is 11.8 Å². The molecule has 3 aliphatic rings. The molecule has 0 bridgehead atoms. The van der Waals surface area contributed by atoms with E-state index in [2.05, 4.69) is 26.0 Å². The van der Waals surface area contributed by atoms with Crippen LogP contribution in [0.1, 0.15) is 37.2 Å². The Bertz CT molecular complexity index is 980. The quantitative estimate of drug-likeness (QED) is 0.619. The van der Waals surface area contributed by atoms with Crippen molar-refractivity contribution in [1.29, 1.82) is 0 Å². The summed E-state index contributed by atoms with van der Waals surface area (Å²) >= 11 is 0. The molecule has 31 heavy (non-hydrogen) atoms. The fourth-order valence-corrected chi connectivity index (χ4v) is 4.60. The zero-order valence-corrected chi connectivity index (χ0v) is 18.1. The maximum atomic E-state index is 6.26. The van der Waals surface area contributed by atoms with Crippen LogP contribution >= 0.6 is 0 Å². The second-order valence-corrected chi connectivity index (χ2v) is 8.45. The molecule has 5 rings (SSSR count). The third-order valence-electron chi connectivity index (χ3n) is 6.24. The predicted molar refractivity (Wildman–Crippen MR) is 115 cm³/mol. The van der Waals surface area contributed by atoms with Crippen LogP contribution in [-0.4, -0.2) is 33.7 Å². The van der Waals surface area contributed by atoms with Crippen molar-refractivity contribution in [3.05, 3.63) is 59.2 Å². The minimum Gasteiger partial charge on any atom is -0.493 e. The number of hydrogen-bond acceptors (Lipinski definition) is 6. The standard InChI is InChI=1S/C25H28O6/c1-15(2)8-9-27-20-6-4-16(10-22(20)26-3)24-18-12-29-25(19(18)13-28-24)17-5-7-21-23(11-17)31-14-30-21/h4-8,10-11,18-19,24-25H,9,12-14H2,1-3H3/t18-,19-,24-,25+/m0/s1. The van der Waals surface area contributed by atoms with E-state index < -0.39 is 0 Å². The van der Waals surface area contributed by atoms with E-state index in [0.717, 1.165) is 34.1 Å². The highest BCUT2D eigenvalue weighted by atomic mass is 16.7. The summed E-state index contributed by atoms with van der Waals surface area (Å²) in [6.45, 7) is 6.23. The van der Waals surface area contributed by atoms with Crippen LogP contribution in [0.5, 0.6) is 23.0 Å². The Morgan fingerprint density at radius 2 is 1.58 bits per heavy atom. The molecule has 6 nitrogen and oxygen atoms in total. The zero-order chi connectivity index (χ0) is 21.4. The van der Waals surface area contributed by atoms with Crippen molar-refractivity contribution in [2.24, 2.45) is 11.8 Å². The van der Waals surface area contributed by atoms with E-state index in [0.29, 0.717) is 25.7 Å². The molecule has 4 atom stereocenters. The number of rotatable bonds is 6. The largest absolute Gasteiger partial charge is 0.493 e. The van der Waals surface area contributed by atoms with E-state index in [1.807, 2.05) is 30.3 Å². The monoisotopic (exact) mass is 424 g/mol. The molecule has 164 valence electrons. The normalized spacial score (nSPS) is 25.9. The Morgan fingerprint density at radius 1 is 0.903 bits per heavy atom. The Morgan fingerprint density at radius 3 is 2.29 bits per heavy atom. The van der Waals surface area contributed by atoms with Gasteiger partial charge in [-0.2, -0.15) is 0 Å². The molecular formula is C25H28O6. The van der Waals surface area contributed by atoms with Crippen LogP contribution in [0.4, 0.5) is 0 Å². The van der Waals surface area contributed by atoms with Crippen LogP contribution < -0.4 is 18.9 Å².